The second-order valence-electron chi connectivity index (χ2n) is 7.46. The molecule has 0 spiro atoms. The van der Waals surface area contributed by atoms with E-state index in [4.69, 9.17) is 0 Å². The Labute approximate surface area is 170 Å². The molecule has 1 aliphatic heterocycles. The summed E-state index contributed by atoms with van der Waals surface area (Å²) in [6.45, 7) is 5.86. The third-order valence-corrected chi connectivity index (χ3v) is 5.30. The van der Waals surface area contributed by atoms with E-state index in [2.05, 4.69) is 10.4 Å². The average molecular weight is 388 g/mol. The minimum atomic E-state index is -0.309. The Morgan fingerprint density at radius 3 is 2.59 bits per heavy atom. The van der Waals surface area contributed by atoms with Crippen LogP contribution in [0.2, 0.25) is 0 Å². The molecule has 6 heteroatoms. The molecule has 2 heterocycles. The summed E-state index contributed by atoms with van der Waals surface area (Å²) < 4.78 is 1.66. The third kappa shape index (κ3) is 4.06. The first kappa shape index (κ1) is 18.9. The van der Waals surface area contributed by atoms with Gasteiger partial charge in [0.05, 0.1) is 0 Å². The first-order chi connectivity index (χ1) is 14.0. The van der Waals surface area contributed by atoms with Crippen LogP contribution in [-0.4, -0.2) is 33.0 Å². The van der Waals surface area contributed by atoms with Crippen molar-refractivity contribution in [2.24, 2.45) is 0 Å². The SMILES string of the molecule is Cc1ccc(NC(=O)c2cc3n(n2)CCCN(Cc2ccccc2)C3=O)cc1C. The number of carbonyl (C=O) groups excluding carboxylic acids is 2. The second-order valence-corrected chi connectivity index (χ2v) is 7.46. The first-order valence-electron chi connectivity index (χ1n) is 9.81. The maximum absolute atomic E-state index is 13.1. The number of anilines is 1. The Kier molecular flexibility index (Phi) is 5.16. The standard InChI is InChI=1S/C23H24N4O2/c1-16-9-10-19(13-17(16)2)24-22(28)20-14-21-23(29)26(11-6-12-27(21)25-20)15-18-7-4-3-5-8-18/h3-5,7-10,13-14H,6,11-12,15H2,1-2H3,(H,24,28). The lowest BCUT2D eigenvalue weighted by Crippen LogP contribution is -2.30. The molecular formula is C23H24N4O2. The molecule has 0 atom stereocenters. The van der Waals surface area contributed by atoms with Crippen LogP contribution >= 0.6 is 0 Å². The molecule has 1 aliphatic rings. The highest BCUT2D eigenvalue weighted by Crippen LogP contribution is 2.19. The zero-order valence-electron chi connectivity index (χ0n) is 16.7. The van der Waals surface area contributed by atoms with Gasteiger partial charge in [0.25, 0.3) is 11.8 Å². The monoisotopic (exact) mass is 388 g/mol. The molecule has 0 unspecified atom stereocenters. The number of carbonyl (C=O) groups is 2. The number of nitrogens with zero attached hydrogens (tertiary/aromatic N) is 3. The fourth-order valence-corrected chi connectivity index (χ4v) is 3.51. The van der Waals surface area contributed by atoms with Crippen molar-refractivity contribution in [2.45, 2.75) is 33.4 Å². The van der Waals surface area contributed by atoms with Gasteiger partial charge in [-0.2, -0.15) is 5.10 Å². The summed E-state index contributed by atoms with van der Waals surface area (Å²) >= 11 is 0. The molecular weight excluding hydrogens is 364 g/mol. The molecule has 2 aromatic carbocycles. The van der Waals surface area contributed by atoms with Gasteiger partial charge < -0.3 is 10.2 Å². The quantitative estimate of drug-likeness (QED) is 0.739. The summed E-state index contributed by atoms with van der Waals surface area (Å²) in [4.78, 5) is 27.6. The van der Waals surface area contributed by atoms with Crippen molar-refractivity contribution in [3.8, 4) is 0 Å². The lowest BCUT2D eigenvalue weighted by Gasteiger charge is -2.20. The lowest BCUT2D eigenvalue weighted by molar-refractivity contribution is 0.0745. The van der Waals surface area contributed by atoms with Crippen LogP contribution in [0.15, 0.2) is 54.6 Å². The zero-order chi connectivity index (χ0) is 20.4. The van der Waals surface area contributed by atoms with Crippen LogP contribution in [0.5, 0.6) is 0 Å². The van der Waals surface area contributed by atoms with E-state index in [0.29, 0.717) is 25.3 Å². The van der Waals surface area contributed by atoms with Crippen LogP contribution in [-0.2, 0) is 13.1 Å². The van der Waals surface area contributed by atoms with Crippen molar-refractivity contribution in [3.63, 3.8) is 0 Å². The van der Waals surface area contributed by atoms with Crippen molar-refractivity contribution in [1.82, 2.24) is 14.7 Å². The Hall–Kier alpha value is -3.41. The predicted octanol–water partition coefficient (Wildman–Crippen LogP) is 3.80. The zero-order valence-corrected chi connectivity index (χ0v) is 16.7. The molecule has 1 N–H and O–H groups in total. The normalized spacial score (nSPS) is 13.7. The van der Waals surface area contributed by atoms with Crippen LogP contribution in [0.4, 0.5) is 5.69 Å². The van der Waals surface area contributed by atoms with Gasteiger partial charge in [0, 0.05) is 31.4 Å². The van der Waals surface area contributed by atoms with E-state index in [1.54, 1.807) is 10.7 Å². The minimum absolute atomic E-state index is 0.0934. The molecule has 0 saturated carbocycles. The fourth-order valence-electron chi connectivity index (χ4n) is 3.51. The van der Waals surface area contributed by atoms with Crippen LogP contribution < -0.4 is 5.32 Å². The summed E-state index contributed by atoms with van der Waals surface area (Å²) in [6.07, 6.45) is 0.797. The van der Waals surface area contributed by atoms with Crippen molar-refractivity contribution >= 4 is 17.5 Å². The molecule has 0 saturated heterocycles. The van der Waals surface area contributed by atoms with Crippen LogP contribution in [0, 0.1) is 13.8 Å². The smallest absolute Gasteiger partial charge is 0.276 e. The maximum Gasteiger partial charge on any atom is 0.276 e. The van der Waals surface area contributed by atoms with Gasteiger partial charge in [-0.3, -0.25) is 14.3 Å². The van der Waals surface area contributed by atoms with E-state index >= 15 is 0 Å². The maximum atomic E-state index is 13.1. The number of fused-ring (bicyclic) bond motifs is 1. The van der Waals surface area contributed by atoms with Crippen molar-refractivity contribution in [3.05, 3.63) is 82.7 Å². The molecule has 29 heavy (non-hydrogen) atoms. The Morgan fingerprint density at radius 1 is 1.03 bits per heavy atom. The summed E-state index contributed by atoms with van der Waals surface area (Å²) in [6, 6.07) is 17.3. The predicted molar refractivity (Wildman–Crippen MR) is 112 cm³/mol. The van der Waals surface area contributed by atoms with Crippen molar-refractivity contribution < 1.29 is 9.59 Å². The van der Waals surface area contributed by atoms with E-state index in [1.165, 1.54) is 5.56 Å². The number of nitrogens with one attached hydrogen (secondary N) is 1. The number of amides is 2. The van der Waals surface area contributed by atoms with E-state index in [-0.39, 0.29) is 17.5 Å². The first-order valence-corrected chi connectivity index (χ1v) is 9.81. The van der Waals surface area contributed by atoms with Gasteiger partial charge in [-0.25, -0.2) is 0 Å². The van der Waals surface area contributed by atoms with Crippen LogP contribution in [0.3, 0.4) is 0 Å². The molecule has 0 radical (unpaired) electrons. The summed E-state index contributed by atoms with van der Waals surface area (Å²) in [5.74, 6) is -0.402. The molecule has 4 rings (SSSR count). The van der Waals surface area contributed by atoms with Crippen LogP contribution in [0.25, 0.3) is 0 Å². The molecule has 1 aromatic heterocycles. The van der Waals surface area contributed by atoms with Crippen molar-refractivity contribution in [1.29, 1.82) is 0 Å². The van der Waals surface area contributed by atoms with Crippen LogP contribution in [0.1, 0.15) is 44.1 Å². The molecule has 0 aliphatic carbocycles. The minimum Gasteiger partial charge on any atom is -0.333 e. The average Bonchev–Trinajstić information content (AvgIpc) is 3.09. The Bertz CT molecular complexity index is 1060. The summed E-state index contributed by atoms with van der Waals surface area (Å²) in [7, 11) is 0. The fraction of sp³-hybridized carbons (Fsp3) is 0.261. The van der Waals surface area contributed by atoms with E-state index in [9.17, 15) is 9.59 Å². The van der Waals surface area contributed by atoms with E-state index < -0.39 is 0 Å². The molecule has 2 amide bonds. The largest absolute Gasteiger partial charge is 0.333 e. The summed E-state index contributed by atoms with van der Waals surface area (Å²) in [5.41, 5.74) is 4.80. The number of aromatic nitrogens is 2. The highest BCUT2D eigenvalue weighted by atomic mass is 16.2. The van der Waals surface area contributed by atoms with Gasteiger partial charge in [-0.1, -0.05) is 36.4 Å². The topological polar surface area (TPSA) is 67.2 Å². The van der Waals surface area contributed by atoms with Gasteiger partial charge >= 0.3 is 0 Å². The summed E-state index contributed by atoms with van der Waals surface area (Å²) in [5, 5.41) is 7.27. The highest BCUT2D eigenvalue weighted by molar-refractivity contribution is 6.04. The second kappa shape index (κ2) is 7.91. The molecule has 3 aromatic rings. The van der Waals surface area contributed by atoms with E-state index in [1.807, 2.05) is 67.3 Å². The number of hydrogen-bond acceptors (Lipinski definition) is 3. The van der Waals surface area contributed by atoms with E-state index in [0.717, 1.165) is 23.2 Å². The van der Waals surface area contributed by atoms with Gasteiger partial charge in [0.1, 0.15) is 5.69 Å². The molecule has 6 nitrogen and oxygen atoms in total. The molecule has 0 bridgehead atoms. The van der Waals surface area contributed by atoms with Gasteiger partial charge in [0.2, 0.25) is 0 Å². The Morgan fingerprint density at radius 2 is 1.83 bits per heavy atom. The Balaban J connectivity index is 1.53. The number of benzene rings is 2. The number of hydrogen-bond donors (Lipinski definition) is 1. The lowest BCUT2D eigenvalue weighted by atomic mass is 10.1. The highest BCUT2D eigenvalue weighted by Gasteiger charge is 2.26. The van der Waals surface area contributed by atoms with Gasteiger partial charge in [0.15, 0.2) is 5.69 Å². The molecule has 0 fully saturated rings. The number of aryl methyl sites for hydroxylation is 3. The van der Waals surface area contributed by atoms with Gasteiger partial charge in [-0.05, 0) is 49.1 Å². The van der Waals surface area contributed by atoms with Crippen molar-refractivity contribution in [2.75, 3.05) is 11.9 Å². The number of rotatable bonds is 4. The van der Waals surface area contributed by atoms with Gasteiger partial charge in [-0.15, -0.1) is 0 Å². The molecule has 148 valence electrons. The third-order valence-electron chi connectivity index (χ3n) is 5.30.